The first kappa shape index (κ1) is 22.1. The number of unbranched alkanes of at least 4 members (excludes halogenated alkanes) is 1. The highest BCUT2D eigenvalue weighted by Gasteiger charge is 2.28. The molecule has 4 nitrogen and oxygen atoms in total. The normalized spacial score (nSPS) is 19.9. The average Bonchev–Trinajstić information content (AvgIpc) is 3.11. The van der Waals surface area contributed by atoms with Gasteiger partial charge in [0, 0.05) is 21.9 Å². The van der Waals surface area contributed by atoms with Crippen LogP contribution < -0.4 is 5.32 Å². The fourth-order valence-corrected chi connectivity index (χ4v) is 4.46. The minimum atomic E-state index is -0.0892. The third-order valence-corrected chi connectivity index (χ3v) is 6.46. The van der Waals surface area contributed by atoms with Crippen molar-refractivity contribution in [3.8, 4) is 5.69 Å². The number of halogens is 1. The molecule has 1 amide bonds. The number of amides is 1. The largest absolute Gasteiger partial charge is 0.310 e. The molecule has 1 aromatic carbocycles. The summed E-state index contributed by atoms with van der Waals surface area (Å²) in [6, 6.07) is 10.0. The molecule has 0 spiro atoms. The van der Waals surface area contributed by atoms with E-state index in [9.17, 15) is 4.79 Å². The maximum Gasteiger partial charge on any atom is 0.228 e. The first-order chi connectivity index (χ1) is 13.8. The van der Waals surface area contributed by atoms with Gasteiger partial charge < -0.3 is 5.32 Å². The maximum absolute atomic E-state index is 13.0. The van der Waals surface area contributed by atoms with Crippen molar-refractivity contribution in [3.63, 3.8) is 0 Å². The van der Waals surface area contributed by atoms with Crippen molar-refractivity contribution in [2.75, 3.05) is 5.32 Å². The van der Waals surface area contributed by atoms with Crippen LogP contribution in [0.25, 0.3) is 5.69 Å². The van der Waals surface area contributed by atoms with Crippen LogP contribution in [0.5, 0.6) is 0 Å². The Morgan fingerprint density at radius 2 is 1.93 bits per heavy atom. The molecule has 0 radical (unpaired) electrons. The summed E-state index contributed by atoms with van der Waals surface area (Å²) in [6.07, 6.45) is 8.23. The summed E-state index contributed by atoms with van der Waals surface area (Å²) in [5, 5.41) is 8.01. The minimum absolute atomic E-state index is 0.0892. The molecule has 1 fully saturated rings. The Labute approximate surface area is 183 Å². The Morgan fingerprint density at radius 1 is 1.21 bits per heavy atom. The molecule has 1 aliphatic rings. The van der Waals surface area contributed by atoms with Crippen LogP contribution in [0.3, 0.4) is 0 Å². The Morgan fingerprint density at radius 3 is 2.55 bits per heavy atom. The summed E-state index contributed by atoms with van der Waals surface area (Å²) >= 11 is 3.54. The summed E-state index contributed by atoms with van der Waals surface area (Å²) in [5.41, 5.74) is 1.82. The molecule has 29 heavy (non-hydrogen) atoms. The number of hydrogen-bond donors (Lipinski definition) is 1. The van der Waals surface area contributed by atoms with E-state index in [0.717, 1.165) is 40.4 Å². The summed E-state index contributed by atoms with van der Waals surface area (Å²) in [5.74, 6) is 1.80. The van der Waals surface area contributed by atoms with Crippen LogP contribution in [0.2, 0.25) is 0 Å². The minimum Gasteiger partial charge on any atom is -0.310 e. The van der Waals surface area contributed by atoms with Crippen LogP contribution in [-0.2, 0) is 10.2 Å². The van der Waals surface area contributed by atoms with Gasteiger partial charge in [-0.15, -0.1) is 0 Å². The Kier molecular flexibility index (Phi) is 7.20. The topological polar surface area (TPSA) is 46.9 Å². The highest BCUT2D eigenvalue weighted by atomic mass is 79.9. The molecule has 1 saturated carbocycles. The fourth-order valence-electron chi connectivity index (χ4n) is 4.08. The van der Waals surface area contributed by atoms with Crippen LogP contribution in [-0.4, -0.2) is 15.7 Å². The van der Waals surface area contributed by atoms with E-state index in [4.69, 9.17) is 5.10 Å². The zero-order valence-corrected chi connectivity index (χ0v) is 19.8. The average molecular weight is 460 g/mol. The molecule has 3 rings (SSSR count). The molecule has 1 heterocycles. The first-order valence-electron chi connectivity index (χ1n) is 10.9. The smallest absolute Gasteiger partial charge is 0.228 e. The van der Waals surface area contributed by atoms with Gasteiger partial charge in [-0.2, -0.15) is 5.10 Å². The van der Waals surface area contributed by atoms with E-state index in [-0.39, 0.29) is 17.2 Å². The molecule has 1 aromatic heterocycles. The van der Waals surface area contributed by atoms with Gasteiger partial charge in [0.15, 0.2) is 0 Å². The molecule has 0 aliphatic heterocycles. The van der Waals surface area contributed by atoms with Gasteiger partial charge in [0.25, 0.3) is 0 Å². The molecule has 0 atom stereocenters. The molecule has 0 unspecified atom stereocenters. The lowest BCUT2D eigenvalue weighted by molar-refractivity contribution is -0.121. The second-order valence-corrected chi connectivity index (χ2v) is 10.3. The second-order valence-electron chi connectivity index (χ2n) is 9.41. The van der Waals surface area contributed by atoms with Crippen LogP contribution in [0, 0.1) is 11.8 Å². The summed E-state index contributed by atoms with van der Waals surface area (Å²) in [7, 11) is 0. The zero-order valence-electron chi connectivity index (χ0n) is 18.2. The lowest BCUT2D eigenvalue weighted by Crippen LogP contribution is -2.28. The number of nitrogens with zero attached hydrogens (tertiary/aromatic N) is 2. The Hall–Kier alpha value is -1.62. The van der Waals surface area contributed by atoms with E-state index in [1.807, 2.05) is 35.0 Å². The lowest BCUT2D eigenvalue weighted by Gasteiger charge is -2.27. The van der Waals surface area contributed by atoms with Gasteiger partial charge >= 0.3 is 0 Å². The van der Waals surface area contributed by atoms with Crippen LogP contribution in [0.15, 0.2) is 34.8 Å². The molecular weight excluding hydrogens is 426 g/mol. The van der Waals surface area contributed by atoms with Crippen LogP contribution in [0.1, 0.15) is 78.3 Å². The van der Waals surface area contributed by atoms with E-state index in [0.29, 0.717) is 0 Å². The molecule has 0 bridgehead atoms. The van der Waals surface area contributed by atoms with Crippen LogP contribution in [0.4, 0.5) is 5.82 Å². The first-order valence-corrected chi connectivity index (χ1v) is 11.7. The Bertz CT molecular complexity index is 829. The van der Waals surface area contributed by atoms with Crippen molar-refractivity contribution in [2.24, 2.45) is 11.8 Å². The summed E-state index contributed by atoms with van der Waals surface area (Å²) < 4.78 is 2.85. The van der Waals surface area contributed by atoms with Crippen molar-refractivity contribution in [2.45, 2.75) is 78.1 Å². The van der Waals surface area contributed by atoms with Crippen molar-refractivity contribution < 1.29 is 4.79 Å². The number of carbonyl (C=O) groups is 1. The van der Waals surface area contributed by atoms with Gasteiger partial charge in [-0.1, -0.05) is 69.0 Å². The van der Waals surface area contributed by atoms with Gasteiger partial charge in [-0.3, -0.25) is 4.79 Å². The molecule has 2 aromatic rings. The van der Waals surface area contributed by atoms with Gasteiger partial charge in [0.1, 0.15) is 5.82 Å². The van der Waals surface area contributed by atoms with E-state index in [2.05, 4.69) is 48.9 Å². The summed E-state index contributed by atoms with van der Waals surface area (Å²) in [6.45, 7) is 8.68. The maximum atomic E-state index is 13.0. The molecule has 0 saturated heterocycles. The molecule has 1 N–H and O–H groups in total. The Balaban J connectivity index is 1.76. The van der Waals surface area contributed by atoms with Crippen molar-refractivity contribution in [1.29, 1.82) is 0 Å². The van der Waals surface area contributed by atoms with E-state index in [1.165, 1.54) is 32.1 Å². The molecular formula is C24H34BrN3O. The third-order valence-electron chi connectivity index (χ3n) is 5.97. The van der Waals surface area contributed by atoms with Gasteiger partial charge in [0.05, 0.1) is 11.4 Å². The quantitative estimate of drug-likeness (QED) is 0.512. The van der Waals surface area contributed by atoms with Crippen molar-refractivity contribution >= 4 is 27.7 Å². The van der Waals surface area contributed by atoms with Crippen molar-refractivity contribution in [1.82, 2.24) is 9.78 Å². The number of benzene rings is 1. The number of nitrogens with one attached hydrogen (secondary N) is 1. The molecule has 158 valence electrons. The standard InChI is InChI=1S/C24H34BrN3O/c1-5-6-8-17-11-13-18(14-12-17)23(29)26-22-16-21(24(2,3)4)27-28(22)20-10-7-9-19(25)15-20/h7,9-10,15-18H,5-6,8,11-14H2,1-4H3,(H,26,29). The number of carbonyl (C=O) groups excluding carboxylic acids is 1. The SMILES string of the molecule is CCCCC1CCC(C(=O)Nc2cc(C(C)(C)C)nn2-c2cccc(Br)c2)CC1. The lowest BCUT2D eigenvalue weighted by atomic mass is 9.79. The zero-order chi connectivity index (χ0) is 21.0. The van der Waals surface area contributed by atoms with E-state index in [1.54, 1.807) is 0 Å². The van der Waals surface area contributed by atoms with Gasteiger partial charge in [0.2, 0.25) is 5.91 Å². The fraction of sp³-hybridized carbons (Fsp3) is 0.583. The monoisotopic (exact) mass is 459 g/mol. The number of hydrogen-bond acceptors (Lipinski definition) is 2. The predicted molar refractivity (Wildman–Crippen MR) is 124 cm³/mol. The van der Waals surface area contributed by atoms with E-state index >= 15 is 0 Å². The van der Waals surface area contributed by atoms with Crippen molar-refractivity contribution in [3.05, 3.63) is 40.5 Å². The highest BCUT2D eigenvalue weighted by Crippen LogP contribution is 2.33. The highest BCUT2D eigenvalue weighted by molar-refractivity contribution is 9.10. The van der Waals surface area contributed by atoms with Crippen LogP contribution >= 0.6 is 15.9 Å². The van der Waals surface area contributed by atoms with E-state index < -0.39 is 0 Å². The molecule has 5 heteroatoms. The summed E-state index contributed by atoms with van der Waals surface area (Å²) in [4.78, 5) is 13.0. The van der Waals surface area contributed by atoms with Gasteiger partial charge in [-0.25, -0.2) is 4.68 Å². The second kappa shape index (κ2) is 9.46. The number of aromatic nitrogens is 2. The predicted octanol–water partition coefficient (Wildman–Crippen LogP) is 6.87. The number of rotatable bonds is 6. The third kappa shape index (κ3) is 5.71. The van der Waals surface area contributed by atoms with Gasteiger partial charge in [-0.05, 0) is 49.8 Å². The number of anilines is 1. The molecule has 1 aliphatic carbocycles.